The third kappa shape index (κ3) is 3.31. The predicted octanol–water partition coefficient (Wildman–Crippen LogP) is 2.74. The fourth-order valence-electron chi connectivity index (χ4n) is 0.922. The largest absolute Gasteiger partial charge is 0.351 e. The molecule has 0 bridgehead atoms. The van der Waals surface area contributed by atoms with Gasteiger partial charge in [0.1, 0.15) is 0 Å². The molecule has 1 heterocycles. The number of thiophene rings is 1. The van der Waals surface area contributed by atoms with Crippen molar-refractivity contribution in [2.24, 2.45) is 5.92 Å². The second-order valence-electron chi connectivity index (χ2n) is 3.48. The normalized spacial score (nSPS) is 12.9. The Morgan fingerprint density at radius 2 is 2.36 bits per heavy atom. The molecule has 0 aliphatic carbocycles. The van der Waals surface area contributed by atoms with Crippen LogP contribution in [0.2, 0.25) is 0 Å². The molecule has 1 atom stereocenters. The van der Waals surface area contributed by atoms with E-state index in [4.69, 9.17) is 11.6 Å². The summed E-state index contributed by atoms with van der Waals surface area (Å²) in [6, 6.07) is 1.80. The number of hydrogen-bond donors (Lipinski definition) is 1. The van der Waals surface area contributed by atoms with Crippen molar-refractivity contribution in [1.82, 2.24) is 5.32 Å². The van der Waals surface area contributed by atoms with Gasteiger partial charge in [-0.25, -0.2) is 0 Å². The SMILES string of the molecule is CC(C)C(Cl)CNC(=O)c1ccsc1. The molecule has 0 spiro atoms. The van der Waals surface area contributed by atoms with Crippen LogP contribution in [-0.2, 0) is 0 Å². The Balaban J connectivity index is 2.36. The number of halogens is 1. The highest BCUT2D eigenvalue weighted by Crippen LogP contribution is 2.09. The monoisotopic (exact) mass is 231 g/mol. The summed E-state index contributed by atoms with van der Waals surface area (Å²) in [7, 11) is 0. The van der Waals surface area contributed by atoms with Crippen molar-refractivity contribution < 1.29 is 4.79 Å². The van der Waals surface area contributed by atoms with Crippen LogP contribution < -0.4 is 5.32 Å². The van der Waals surface area contributed by atoms with Crippen LogP contribution in [0.5, 0.6) is 0 Å². The smallest absolute Gasteiger partial charge is 0.252 e. The molecule has 0 radical (unpaired) electrons. The van der Waals surface area contributed by atoms with Crippen LogP contribution in [0.1, 0.15) is 24.2 Å². The molecule has 14 heavy (non-hydrogen) atoms. The van der Waals surface area contributed by atoms with E-state index in [2.05, 4.69) is 5.32 Å². The highest BCUT2D eigenvalue weighted by Gasteiger charge is 2.11. The van der Waals surface area contributed by atoms with E-state index in [-0.39, 0.29) is 11.3 Å². The first-order valence-corrected chi connectivity index (χ1v) is 5.93. The van der Waals surface area contributed by atoms with E-state index in [9.17, 15) is 4.79 Å². The van der Waals surface area contributed by atoms with Gasteiger partial charge < -0.3 is 5.32 Å². The van der Waals surface area contributed by atoms with E-state index in [1.807, 2.05) is 24.6 Å². The van der Waals surface area contributed by atoms with Crippen molar-refractivity contribution in [3.8, 4) is 0 Å². The lowest BCUT2D eigenvalue weighted by atomic mass is 10.1. The molecule has 0 saturated heterocycles. The van der Waals surface area contributed by atoms with Gasteiger partial charge in [0, 0.05) is 17.5 Å². The molecule has 1 rings (SSSR count). The Labute approximate surface area is 93.3 Å². The minimum Gasteiger partial charge on any atom is -0.351 e. The number of amides is 1. The van der Waals surface area contributed by atoms with E-state index < -0.39 is 0 Å². The summed E-state index contributed by atoms with van der Waals surface area (Å²) in [6.07, 6.45) is 0. The van der Waals surface area contributed by atoms with Crippen LogP contribution in [0.3, 0.4) is 0 Å². The van der Waals surface area contributed by atoms with E-state index in [0.29, 0.717) is 18.0 Å². The van der Waals surface area contributed by atoms with Gasteiger partial charge in [-0.1, -0.05) is 13.8 Å². The molecule has 1 aromatic heterocycles. The van der Waals surface area contributed by atoms with E-state index in [1.54, 1.807) is 6.07 Å². The van der Waals surface area contributed by atoms with Crippen molar-refractivity contribution >= 4 is 28.8 Å². The zero-order chi connectivity index (χ0) is 10.6. The van der Waals surface area contributed by atoms with Crippen molar-refractivity contribution in [3.05, 3.63) is 22.4 Å². The first-order chi connectivity index (χ1) is 6.61. The predicted molar refractivity (Wildman–Crippen MR) is 61.1 cm³/mol. The molecule has 1 aromatic rings. The molecule has 2 nitrogen and oxygen atoms in total. The molecular formula is C10H14ClNOS. The third-order valence-electron chi connectivity index (χ3n) is 1.96. The average Bonchev–Trinajstić information content (AvgIpc) is 2.66. The second-order valence-corrected chi connectivity index (χ2v) is 4.82. The maximum atomic E-state index is 11.5. The van der Waals surface area contributed by atoms with Crippen LogP contribution in [-0.4, -0.2) is 17.8 Å². The molecule has 78 valence electrons. The Bertz CT molecular complexity index is 284. The Kier molecular flexibility index (Phi) is 4.42. The molecule has 1 amide bonds. The van der Waals surface area contributed by atoms with Crippen LogP contribution in [0.15, 0.2) is 16.8 Å². The highest BCUT2D eigenvalue weighted by molar-refractivity contribution is 7.08. The van der Waals surface area contributed by atoms with Gasteiger partial charge in [-0.05, 0) is 17.4 Å². The highest BCUT2D eigenvalue weighted by atomic mass is 35.5. The molecule has 1 unspecified atom stereocenters. The van der Waals surface area contributed by atoms with Gasteiger partial charge in [0.2, 0.25) is 0 Å². The number of rotatable bonds is 4. The lowest BCUT2D eigenvalue weighted by molar-refractivity contribution is 0.0953. The minimum absolute atomic E-state index is 0.00224. The molecule has 4 heteroatoms. The van der Waals surface area contributed by atoms with Crippen molar-refractivity contribution in [2.45, 2.75) is 19.2 Å². The summed E-state index contributed by atoms with van der Waals surface area (Å²) in [4.78, 5) is 11.5. The summed E-state index contributed by atoms with van der Waals surface area (Å²) in [5.74, 6) is 0.331. The van der Waals surface area contributed by atoms with E-state index in [1.165, 1.54) is 11.3 Å². The number of carbonyl (C=O) groups is 1. The Hall–Kier alpha value is -0.540. The third-order valence-corrected chi connectivity index (χ3v) is 3.31. The number of hydrogen-bond acceptors (Lipinski definition) is 2. The summed E-state index contributed by atoms with van der Waals surface area (Å²) in [6.45, 7) is 4.59. The maximum Gasteiger partial charge on any atom is 0.252 e. The van der Waals surface area contributed by atoms with Crippen LogP contribution >= 0.6 is 22.9 Å². The second kappa shape index (κ2) is 5.37. The van der Waals surface area contributed by atoms with Crippen LogP contribution in [0, 0.1) is 5.92 Å². The Morgan fingerprint density at radius 3 is 2.86 bits per heavy atom. The van der Waals surface area contributed by atoms with Gasteiger partial charge in [0.15, 0.2) is 0 Å². The van der Waals surface area contributed by atoms with Gasteiger partial charge in [-0.3, -0.25) is 4.79 Å². The van der Waals surface area contributed by atoms with Gasteiger partial charge in [0.25, 0.3) is 5.91 Å². The standard InChI is InChI=1S/C10H14ClNOS/c1-7(2)9(11)5-12-10(13)8-3-4-14-6-8/h3-4,6-7,9H,5H2,1-2H3,(H,12,13). The zero-order valence-electron chi connectivity index (χ0n) is 8.29. The van der Waals surface area contributed by atoms with Gasteiger partial charge in [-0.2, -0.15) is 11.3 Å². The fourth-order valence-corrected chi connectivity index (χ4v) is 1.63. The van der Waals surface area contributed by atoms with Gasteiger partial charge in [-0.15, -0.1) is 11.6 Å². The first-order valence-electron chi connectivity index (χ1n) is 4.55. The van der Waals surface area contributed by atoms with Crippen LogP contribution in [0.4, 0.5) is 0 Å². The maximum absolute atomic E-state index is 11.5. The molecule has 0 aromatic carbocycles. The van der Waals surface area contributed by atoms with Crippen molar-refractivity contribution in [1.29, 1.82) is 0 Å². The minimum atomic E-state index is -0.0439. The first kappa shape index (κ1) is 11.5. The van der Waals surface area contributed by atoms with Gasteiger partial charge in [0.05, 0.1) is 5.38 Å². The molecule has 0 saturated carbocycles. The number of carbonyl (C=O) groups excluding carboxylic acids is 1. The number of nitrogens with one attached hydrogen (secondary N) is 1. The fraction of sp³-hybridized carbons (Fsp3) is 0.500. The van der Waals surface area contributed by atoms with Gasteiger partial charge >= 0.3 is 0 Å². The molecular weight excluding hydrogens is 218 g/mol. The molecule has 1 N–H and O–H groups in total. The van der Waals surface area contributed by atoms with E-state index in [0.717, 1.165) is 0 Å². The molecule has 0 aliphatic heterocycles. The average molecular weight is 232 g/mol. The molecule has 0 aliphatic rings. The summed E-state index contributed by atoms with van der Waals surface area (Å²) >= 11 is 7.52. The van der Waals surface area contributed by atoms with Crippen LogP contribution in [0.25, 0.3) is 0 Å². The quantitative estimate of drug-likeness (QED) is 0.794. The van der Waals surface area contributed by atoms with E-state index >= 15 is 0 Å². The van der Waals surface area contributed by atoms with Crippen molar-refractivity contribution in [3.63, 3.8) is 0 Å². The topological polar surface area (TPSA) is 29.1 Å². The lowest BCUT2D eigenvalue weighted by Crippen LogP contribution is -2.31. The molecule has 0 fully saturated rings. The lowest BCUT2D eigenvalue weighted by Gasteiger charge is -2.13. The Morgan fingerprint density at radius 1 is 1.64 bits per heavy atom. The number of alkyl halides is 1. The summed E-state index contributed by atoms with van der Waals surface area (Å²) in [5.41, 5.74) is 0.711. The zero-order valence-corrected chi connectivity index (χ0v) is 9.86. The van der Waals surface area contributed by atoms with Crippen molar-refractivity contribution in [2.75, 3.05) is 6.54 Å². The summed E-state index contributed by atoms with van der Waals surface area (Å²) in [5, 5.41) is 6.51. The summed E-state index contributed by atoms with van der Waals surface area (Å²) < 4.78 is 0.